The standard InChI is InChI=1S/C20H27N3O3/c1-15(2)26-19-5-3-18(4-6-19)25-10-9-23-13-16(20(24)14-23)11-17-12-21-7-8-22-17/h3-8,12,15-16,20,24H,9-11,13-14H2,1-2H3/t16-,20-/m1/s1. The number of aromatic nitrogens is 2. The molecule has 1 aliphatic rings. The number of likely N-dealkylation sites (tertiary alicyclic amines) is 1. The van der Waals surface area contributed by atoms with E-state index in [1.54, 1.807) is 18.6 Å². The molecule has 1 aromatic carbocycles. The Balaban J connectivity index is 1.41. The van der Waals surface area contributed by atoms with Crippen LogP contribution in [0.1, 0.15) is 19.5 Å². The van der Waals surface area contributed by atoms with Gasteiger partial charge in [-0.1, -0.05) is 0 Å². The van der Waals surface area contributed by atoms with Crippen molar-refractivity contribution in [3.8, 4) is 11.5 Å². The van der Waals surface area contributed by atoms with Gasteiger partial charge in [0.05, 0.1) is 17.9 Å². The van der Waals surface area contributed by atoms with E-state index in [4.69, 9.17) is 9.47 Å². The summed E-state index contributed by atoms with van der Waals surface area (Å²) < 4.78 is 11.4. The van der Waals surface area contributed by atoms with Crippen molar-refractivity contribution in [3.05, 3.63) is 48.5 Å². The molecule has 26 heavy (non-hydrogen) atoms. The molecule has 2 aromatic rings. The van der Waals surface area contributed by atoms with Crippen LogP contribution in [0.2, 0.25) is 0 Å². The maximum atomic E-state index is 10.3. The third-order valence-corrected chi connectivity index (χ3v) is 4.44. The fourth-order valence-corrected chi connectivity index (χ4v) is 3.21. The number of aliphatic hydroxyl groups excluding tert-OH is 1. The molecule has 0 amide bonds. The fraction of sp³-hybridized carbons (Fsp3) is 0.500. The lowest BCUT2D eigenvalue weighted by atomic mass is 10.0. The van der Waals surface area contributed by atoms with Crippen LogP contribution < -0.4 is 9.47 Å². The van der Waals surface area contributed by atoms with Crippen LogP contribution in [0.25, 0.3) is 0 Å². The molecule has 1 saturated heterocycles. The highest BCUT2D eigenvalue weighted by Gasteiger charge is 2.31. The van der Waals surface area contributed by atoms with E-state index in [0.717, 1.165) is 36.7 Å². The molecule has 3 rings (SSSR count). The summed E-state index contributed by atoms with van der Waals surface area (Å²) in [4.78, 5) is 10.6. The first-order valence-electron chi connectivity index (χ1n) is 9.15. The Hall–Kier alpha value is -2.18. The molecule has 0 radical (unpaired) electrons. The summed E-state index contributed by atoms with van der Waals surface area (Å²) in [6.07, 6.45) is 5.72. The molecule has 6 heteroatoms. The summed E-state index contributed by atoms with van der Waals surface area (Å²) in [6.45, 7) is 6.92. The zero-order valence-corrected chi connectivity index (χ0v) is 15.4. The molecule has 0 unspecified atom stereocenters. The molecular weight excluding hydrogens is 330 g/mol. The summed E-state index contributed by atoms with van der Waals surface area (Å²) in [6, 6.07) is 7.69. The van der Waals surface area contributed by atoms with E-state index in [0.29, 0.717) is 13.2 Å². The monoisotopic (exact) mass is 357 g/mol. The molecule has 1 fully saturated rings. The van der Waals surface area contributed by atoms with E-state index < -0.39 is 0 Å². The highest BCUT2D eigenvalue weighted by Crippen LogP contribution is 2.21. The van der Waals surface area contributed by atoms with Gasteiger partial charge in [-0.3, -0.25) is 14.9 Å². The topological polar surface area (TPSA) is 67.7 Å². The van der Waals surface area contributed by atoms with Crippen molar-refractivity contribution in [2.45, 2.75) is 32.5 Å². The van der Waals surface area contributed by atoms with Crippen LogP contribution in [0.3, 0.4) is 0 Å². The molecule has 140 valence electrons. The van der Waals surface area contributed by atoms with E-state index in [-0.39, 0.29) is 18.1 Å². The number of nitrogens with zero attached hydrogens (tertiary/aromatic N) is 3. The quantitative estimate of drug-likeness (QED) is 0.781. The van der Waals surface area contributed by atoms with Crippen LogP contribution in [-0.4, -0.2) is 58.4 Å². The van der Waals surface area contributed by atoms with Crippen molar-refractivity contribution in [1.29, 1.82) is 0 Å². The molecule has 2 heterocycles. The Morgan fingerprint density at radius 1 is 1.15 bits per heavy atom. The van der Waals surface area contributed by atoms with Crippen LogP contribution in [0.5, 0.6) is 11.5 Å². The molecule has 1 N–H and O–H groups in total. The van der Waals surface area contributed by atoms with Crippen LogP contribution in [0.15, 0.2) is 42.9 Å². The largest absolute Gasteiger partial charge is 0.492 e. The van der Waals surface area contributed by atoms with E-state index in [1.807, 2.05) is 38.1 Å². The second-order valence-corrected chi connectivity index (χ2v) is 6.97. The average molecular weight is 357 g/mol. The van der Waals surface area contributed by atoms with Gasteiger partial charge in [-0.2, -0.15) is 0 Å². The van der Waals surface area contributed by atoms with Crippen molar-refractivity contribution < 1.29 is 14.6 Å². The predicted molar refractivity (Wildman–Crippen MR) is 99.4 cm³/mol. The molecule has 0 spiro atoms. The van der Waals surface area contributed by atoms with Gasteiger partial charge in [-0.05, 0) is 44.5 Å². The van der Waals surface area contributed by atoms with Gasteiger partial charge in [-0.25, -0.2) is 0 Å². The SMILES string of the molecule is CC(C)Oc1ccc(OCCN2C[C@@H](Cc3cnccn3)[C@H](O)C2)cc1. The van der Waals surface area contributed by atoms with Gasteiger partial charge in [0.25, 0.3) is 0 Å². The molecule has 0 saturated carbocycles. The zero-order chi connectivity index (χ0) is 18.4. The molecule has 2 atom stereocenters. The van der Waals surface area contributed by atoms with Crippen LogP contribution in [-0.2, 0) is 6.42 Å². The highest BCUT2D eigenvalue weighted by molar-refractivity contribution is 5.31. The third kappa shape index (κ3) is 5.41. The maximum Gasteiger partial charge on any atom is 0.119 e. The second-order valence-electron chi connectivity index (χ2n) is 6.97. The summed E-state index contributed by atoms with van der Waals surface area (Å²) in [5.74, 6) is 1.87. The van der Waals surface area contributed by atoms with Crippen molar-refractivity contribution in [2.24, 2.45) is 5.92 Å². The second kappa shape index (κ2) is 8.96. The maximum absolute atomic E-state index is 10.3. The number of hydrogen-bond donors (Lipinski definition) is 1. The third-order valence-electron chi connectivity index (χ3n) is 4.44. The van der Waals surface area contributed by atoms with E-state index in [2.05, 4.69) is 14.9 Å². The van der Waals surface area contributed by atoms with Crippen molar-refractivity contribution in [3.63, 3.8) is 0 Å². The first kappa shape index (κ1) is 18.6. The zero-order valence-electron chi connectivity index (χ0n) is 15.4. The normalized spacial score (nSPS) is 20.5. The first-order chi connectivity index (χ1) is 12.6. The average Bonchev–Trinajstić information content (AvgIpc) is 2.96. The molecule has 6 nitrogen and oxygen atoms in total. The molecular formula is C20H27N3O3. The van der Waals surface area contributed by atoms with Crippen LogP contribution in [0, 0.1) is 5.92 Å². The number of benzene rings is 1. The van der Waals surface area contributed by atoms with Crippen molar-refractivity contribution >= 4 is 0 Å². The summed E-state index contributed by atoms with van der Waals surface area (Å²) >= 11 is 0. The van der Waals surface area contributed by atoms with Gasteiger partial charge >= 0.3 is 0 Å². The van der Waals surface area contributed by atoms with E-state index in [1.165, 1.54) is 0 Å². The molecule has 0 bridgehead atoms. The van der Waals surface area contributed by atoms with Crippen LogP contribution >= 0.6 is 0 Å². The van der Waals surface area contributed by atoms with Crippen LogP contribution in [0.4, 0.5) is 0 Å². The molecule has 1 aliphatic heterocycles. The lowest BCUT2D eigenvalue weighted by molar-refractivity contribution is 0.139. The summed E-state index contributed by atoms with van der Waals surface area (Å²) in [7, 11) is 0. The van der Waals surface area contributed by atoms with E-state index >= 15 is 0 Å². The number of aliphatic hydroxyl groups is 1. The van der Waals surface area contributed by atoms with Crippen molar-refractivity contribution in [1.82, 2.24) is 14.9 Å². The Kier molecular flexibility index (Phi) is 6.41. The van der Waals surface area contributed by atoms with Gasteiger partial charge in [0.2, 0.25) is 0 Å². The Labute approximate surface area is 154 Å². The number of ether oxygens (including phenoxy) is 2. The van der Waals surface area contributed by atoms with Gasteiger partial charge in [0, 0.05) is 44.1 Å². The first-order valence-corrected chi connectivity index (χ1v) is 9.15. The Morgan fingerprint density at radius 3 is 2.62 bits per heavy atom. The number of rotatable bonds is 8. The van der Waals surface area contributed by atoms with Gasteiger partial charge < -0.3 is 14.6 Å². The minimum Gasteiger partial charge on any atom is -0.492 e. The minimum absolute atomic E-state index is 0.165. The Bertz CT molecular complexity index is 664. The van der Waals surface area contributed by atoms with Gasteiger partial charge in [0.1, 0.15) is 18.1 Å². The van der Waals surface area contributed by atoms with Gasteiger partial charge in [-0.15, -0.1) is 0 Å². The number of β-amino-alcohol motifs (C(OH)–C–C–N with tert-alkyl or cyclic N) is 1. The van der Waals surface area contributed by atoms with Crippen molar-refractivity contribution in [2.75, 3.05) is 26.2 Å². The highest BCUT2D eigenvalue weighted by atomic mass is 16.5. The van der Waals surface area contributed by atoms with Gasteiger partial charge in [0.15, 0.2) is 0 Å². The lowest BCUT2D eigenvalue weighted by Gasteiger charge is -2.16. The summed E-state index contributed by atoms with van der Waals surface area (Å²) in [5, 5.41) is 10.3. The lowest BCUT2D eigenvalue weighted by Crippen LogP contribution is -2.27. The minimum atomic E-state index is -0.329. The number of hydrogen-bond acceptors (Lipinski definition) is 6. The van der Waals surface area contributed by atoms with E-state index in [9.17, 15) is 5.11 Å². The Morgan fingerprint density at radius 2 is 1.92 bits per heavy atom. The molecule has 0 aliphatic carbocycles. The fourth-order valence-electron chi connectivity index (χ4n) is 3.21. The summed E-state index contributed by atoms with van der Waals surface area (Å²) in [5.41, 5.74) is 0.929. The predicted octanol–water partition coefficient (Wildman–Crippen LogP) is 2.18. The smallest absolute Gasteiger partial charge is 0.119 e. The molecule has 1 aromatic heterocycles.